The van der Waals surface area contributed by atoms with Crippen LogP contribution in [-0.2, 0) is 0 Å². The first-order valence-corrected chi connectivity index (χ1v) is 5.99. The summed E-state index contributed by atoms with van der Waals surface area (Å²) in [5.74, 6) is 0.227. The zero-order valence-corrected chi connectivity index (χ0v) is 10.7. The maximum absolute atomic E-state index is 13.8. The third kappa shape index (κ3) is 2.50. The average Bonchev–Trinajstić information content (AvgIpc) is 2.77. The number of aromatic nitrogens is 2. The average molecular weight is 249 g/mol. The molecule has 0 unspecified atom stereocenters. The molecule has 2 rings (SSSR count). The predicted octanol–water partition coefficient (Wildman–Crippen LogP) is 3.43. The van der Waals surface area contributed by atoms with Crippen molar-refractivity contribution in [2.75, 3.05) is 11.9 Å². The molecule has 0 aliphatic rings. The predicted molar refractivity (Wildman–Crippen MR) is 67.9 cm³/mol. The van der Waals surface area contributed by atoms with Gasteiger partial charge in [0.15, 0.2) is 0 Å². The highest BCUT2D eigenvalue weighted by Crippen LogP contribution is 2.25. The molecule has 0 radical (unpaired) electrons. The van der Waals surface area contributed by atoms with E-state index in [1.807, 2.05) is 20.8 Å². The molecule has 0 aliphatic carbocycles. The Bertz CT molecular complexity index is 537. The van der Waals surface area contributed by atoms with Crippen molar-refractivity contribution in [1.82, 2.24) is 10.2 Å². The quantitative estimate of drug-likeness (QED) is 0.901. The zero-order chi connectivity index (χ0) is 13.1. The van der Waals surface area contributed by atoms with Crippen LogP contribution in [0.2, 0.25) is 0 Å². The first-order valence-electron chi connectivity index (χ1n) is 5.99. The van der Waals surface area contributed by atoms with E-state index in [0.717, 1.165) is 0 Å². The fourth-order valence-corrected chi connectivity index (χ4v) is 1.69. The minimum Gasteiger partial charge on any atom is -0.403 e. The summed E-state index contributed by atoms with van der Waals surface area (Å²) in [7, 11) is 0. The summed E-state index contributed by atoms with van der Waals surface area (Å²) in [6.07, 6.45) is 0. The van der Waals surface area contributed by atoms with Gasteiger partial charge in [0.25, 0.3) is 0 Å². The lowest BCUT2D eigenvalue weighted by atomic mass is 10.0. The SMILES string of the molecule is CCNc1nnc(-c2ccc(C(C)C)c(F)c2)o1. The van der Waals surface area contributed by atoms with Gasteiger partial charge in [0.05, 0.1) is 0 Å². The smallest absolute Gasteiger partial charge is 0.315 e. The highest BCUT2D eigenvalue weighted by Gasteiger charge is 2.12. The lowest BCUT2D eigenvalue weighted by molar-refractivity contribution is 0.576. The van der Waals surface area contributed by atoms with E-state index >= 15 is 0 Å². The topological polar surface area (TPSA) is 51.0 Å². The molecule has 5 heteroatoms. The van der Waals surface area contributed by atoms with E-state index in [2.05, 4.69) is 15.5 Å². The van der Waals surface area contributed by atoms with Crippen LogP contribution in [0.1, 0.15) is 32.3 Å². The molecule has 0 saturated carbocycles. The molecule has 1 aromatic carbocycles. The summed E-state index contributed by atoms with van der Waals surface area (Å²) in [5, 5.41) is 10.6. The van der Waals surface area contributed by atoms with Crippen LogP contribution in [0.4, 0.5) is 10.4 Å². The minimum absolute atomic E-state index is 0.152. The van der Waals surface area contributed by atoms with E-state index in [-0.39, 0.29) is 11.7 Å². The monoisotopic (exact) mass is 249 g/mol. The molecule has 1 N–H and O–H groups in total. The maximum atomic E-state index is 13.8. The normalized spacial score (nSPS) is 10.9. The van der Waals surface area contributed by atoms with Gasteiger partial charge in [-0.3, -0.25) is 0 Å². The number of benzene rings is 1. The Morgan fingerprint density at radius 2 is 2.11 bits per heavy atom. The van der Waals surface area contributed by atoms with Gasteiger partial charge in [-0.25, -0.2) is 4.39 Å². The van der Waals surface area contributed by atoms with Crippen LogP contribution in [-0.4, -0.2) is 16.7 Å². The number of hydrogen-bond acceptors (Lipinski definition) is 4. The van der Waals surface area contributed by atoms with Gasteiger partial charge in [-0.05, 0) is 30.5 Å². The highest BCUT2D eigenvalue weighted by molar-refractivity contribution is 5.54. The fraction of sp³-hybridized carbons (Fsp3) is 0.385. The molecule has 0 bridgehead atoms. The first-order chi connectivity index (χ1) is 8.61. The third-order valence-corrected chi connectivity index (χ3v) is 2.62. The lowest BCUT2D eigenvalue weighted by Crippen LogP contribution is -1.95. The van der Waals surface area contributed by atoms with E-state index in [1.165, 1.54) is 6.07 Å². The van der Waals surface area contributed by atoms with Crippen LogP contribution in [0.5, 0.6) is 0 Å². The van der Waals surface area contributed by atoms with Gasteiger partial charge in [0.2, 0.25) is 5.89 Å². The van der Waals surface area contributed by atoms with Gasteiger partial charge in [0, 0.05) is 12.1 Å². The molecule has 1 aromatic heterocycles. The Morgan fingerprint density at radius 1 is 1.33 bits per heavy atom. The number of nitrogens with zero attached hydrogens (tertiary/aromatic N) is 2. The Balaban J connectivity index is 2.30. The Labute approximate surface area is 105 Å². The lowest BCUT2D eigenvalue weighted by Gasteiger charge is -2.07. The van der Waals surface area contributed by atoms with Crippen LogP contribution >= 0.6 is 0 Å². The van der Waals surface area contributed by atoms with Crippen molar-refractivity contribution in [3.63, 3.8) is 0 Å². The largest absolute Gasteiger partial charge is 0.403 e. The van der Waals surface area contributed by atoms with Crippen molar-refractivity contribution in [2.45, 2.75) is 26.7 Å². The van der Waals surface area contributed by atoms with Gasteiger partial charge in [-0.15, -0.1) is 5.10 Å². The molecular weight excluding hydrogens is 233 g/mol. The molecule has 4 nitrogen and oxygen atoms in total. The molecule has 1 heterocycles. The standard InChI is InChI=1S/C13H16FN3O/c1-4-15-13-17-16-12(18-13)9-5-6-10(8(2)3)11(14)7-9/h5-8H,4H2,1-3H3,(H,15,17). The summed E-state index contributed by atoms with van der Waals surface area (Å²) in [4.78, 5) is 0. The second-order valence-corrected chi connectivity index (χ2v) is 4.33. The van der Waals surface area contributed by atoms with E-state index in [0.29, 0.717) is 29.6 Å². The van der Waals surface area contributed by atoms with Crippen molar-refractivity contribution >= 4 is 6.01 Å². The van der Waals surface area contributed by atoms with Crippen molar-refractivity contribution in [1.29, 1.82) is 0 Å². The van der Waals surface area contributed by atoms with E-state index < -0.39 is 0 Å². The molecule has 0 aliphatic heterocycles. The van der Waals surface area contributed by atoms with Crippen LogP contribution in [0.25, 0.3) is 11.5 Å². The van der Waals surface area contributed by atoms with Gasteiger partial charge < -0.3 is 9.73 Å². The van der Waals surface area contributed by atoms with E-state index in [1.54, 1.807) is 12.1 Å². The van der Waals surface area contributed by atoms with Crippen molar-refractivity contribution < 1.29 is 8.81 Å². The van der Waals surface area contributed by atoms with Gasteiger partial charge >= 0.3 is 6.01 Å². The van der Waals surface area contributed by atoms with E-state index in [9.17, 15) is 4.39 Å². The number of anilines is 1. The summed E-state index contributed by atoms with van der Waals surface area (Å²) < 4.78 is 19.2. The number of hydrogen-bond donors (Lipinski definition) is 1. The number of rotatable bonds is 4. The Hall–Kier alpha value is -1.91. The summed E-state index contributed by atoms with van der Waals surface area (Å²) in [6, 6.07) is 5.33. The zero-order valence-electron chi connectivity index (χ0n) is 10.7. The molecule has 0 amide bonds. The molecule has 0 spiro atoms. The second-order valence-electron chi connectivity index (χ2n) is 4.33. The molecular formula is C13H16FN3O. The molecule has 18 heavy (non-hydrogen) atoms. The van der Waals surface area contributed by atoms with Gasteiger partial charge in [-0.2, -0.15) is 0 Å². The third-order valence-electron chi connectivity index (χ3n) is 2.62. The highest BCUT2D eigenvalue weighted by atomic mass is 19.1. The fourth-order valence-electron chi connectivity index (χ4n) is 1.69. The molecule has 0 fully saturated rings. The van der Waals surface area contributed by atoms with Crippen LogP contribution in [0.15, 0.2) is 22.6 Å². The molecule has 96 valence electrons. The van der Waals surface area contributed by atoms with Crippen molar-refractivity contribution in [3.05, 3.63) is 29.6 Å². The summed E-state index contributed by atoms with van der Waals surface area (Å²) >= 11 is 0. The molecule has 0 atom stereocenters. The Kier molecular flexibility index (Phi) is 3.60. The van der Waals surface area contributed by atoms with Crippen LogP contribution in [0.3, 0.4) is 0 Å². The van der Waals surface area contributed by atoms with Gasteiger partial charge in [0.1, 0.15) is 5.82 Å². The number of nitrogens with one attached hydrogen (secondary N) is 1. The second kappa shape index (κ2) is 5.16. The number of halogens is 1. The maximum Gasteiger partial charge on any atom is 0.315 e. The molecule has 0 saturated heterocycles. The van der Waals surface area contributed by atoms with Gasteiger partial charge in [-0.1, -0.05) is 25.0 Å². The van der Waals surface area contributed by atoms with E-state index in [4.69, 9.17) is 4.42 Å². The Morgan fingerprint density at radius 3 is 2.72 bits per heavy atom. The van der Waals surface area contributed by atoms with Crippen LogP contribution < -0.4 is 5.32 Å². The summed E-state index contributed by atoms with van der Waals surface area (Å²) in [5.41, 5.74) is 1.28. The van der Waals surface area contributed by atoms with Crippen molar-refractivity contribution in [3.8, 4) is 11.5 Å². The van der Waals surface area contributed by atoms with Crippen molar-refractivity contribution in [2.24, 2.45) is 0 Å². The first kappa shape index (κ1) is 12.5. The molecule has 2 aromatic rings. The summed E-state index contributed by atoms with van der Waals surface area (Å²) in [6.45, 7) is 6.53. The minimum atomic E-state index is -0.245. The van der Waals surface area contributed by atoms with Crippen LogP contribution in [0, 0.1) is 5.82 Å².